The quantitative estimate of drug-likeness (QED) is 0.904. The van der Waals surface area contributed by atoms with Gasteiger partial charge in [-0.2, -0.15) is 4.98 Å². The van der Waals surface area contributed by atoms with Gasteiger partial charge < -0.3 is 15.2 Å². The monoisotopic (exact) mass is 265 g/mol. The number of aromatic nitrogens is 2. The van der Waals surface area contributed by atoms with Crippen molar-refractivity contribution in [3.05, 3.63) is 11.8 Å². The van der Waals surface area contributed by atoms with Gasteiger partial charge in [-0.1, -0.05) is 0 Å². The second kappa shape index (κ2) is 6.19. The van der Waals surface area contributed by atoms with Crippen molar-refractivity contribution in [3.8, 4) is 11.9 Å². The van der Waals surface area contributed by atoms with Crippen molar-refractivity contribution in [3.63, 3.8) is 0 Å². The lowest BCUT2D eigenvalue weighted by atomic mass is 9.94. The lowest BCUT2D eigenvalue weighted by molar-refractivity contribution is 0.129. The van der Waals surface area contributed by atoms with Crippen LogP contribution in [0, 0.1) is 6.92 Å². The van der Waals surface area contributed by atoms with E-state index < -0.39 is 0 Å². The first-order chi connectivity index (χ1) is 9.02. The van der Waals surface area contributed by atoms with Crippen LogP contribution in [0.5, 0.6) is 11.9 Å². The molecule has 2 rings (SSSR count). The summed E-state index contributed by atoms with van der Waals surface area (Å²) >= 11 is 0. The fourth-order valence-corrected chi connectivity index (χ4v) is 2.31. The summed E-state index contributed by atoms with van der Waals surface area (Å²) in [6.07, 6.45) is 4.29. The second-order valence-electron chi connectivity index (χ2n) is 5.46. The van der Waals surface area contributed by atoms with Crippen LogP contribution >= 0.6 is 0 Å². The molecule has 2 unspecified atom stereocenters. The number of nitrogens with two attached hydrogens (primary N) is 1. The molecule has 2 atom stereocenters. The molecule has 1 heterocycles. The van der Waals surface area contributed by atoms with Crippen molar-refractivity contribution in [2.45, 2.75) is 64.7 Å². The molecule has 1 saturated carbocycles. The largest absolute Gasteiger partial charge is 0.475 e. The van der Waals surface area contributed by atoms with E-state index >= 15 is 0 Å². The molecule has 5 heteroatoms. The van der Waals surface area contributed by atoms with Gasteiger partial charge in [0, 0.05) is 17.8 Å². The van der Waals surface area contributed by atoms with Gasteiger partial charge in [-0.3, -0.25) is 0 Å². The average molecular weight is 265 g/mol. The van der Waals surface area contributed by atoms with Crippen LogP contribution in [0.15, 0.2) is 6.07 Å². The Morgan fingerprint density at radius 3 is 2.79 bits per heavy atom. The molecule has 1 fully saturated rings. The van der Waals surface area contributed by atoms with E-state index in [1.807, 2.05) is 26.8 Å². The molecule has 1 aromatic heterocycles. The molecule has 0 amide bonds. The van der Waals surface area contributed by atoms with Crippen LogP contribution in [0.25, 0.3) is 0 Å². The molecule has 1 aliphatic carbocycles. The lowest BCUT2D eigenvalue weighted by Crippen LogP contribution is -2.34. The van der Waals surface area contributed by atoms with E-state index in [-0.39, 0.29) is 18.2 Å². The van der Waals surface area contributed by atoms with Crippen molar-refractivity contribution >= 4 is 0 Å². The zero-order valence-corrected chi connectivity index (χ0v) is 11.9. The van der Waals surface area contributed by atoms with Crippen LogP contribution in [0.1, 0.15) is 45.2 Å². The van der Waals surface area contributed by atoms with Crippen molar-refractivity contribution in [2.24, 2.45) is 5.73 Å². The standard InChI is InChI=1S/C14H23N3O2/c1-9(2)18-13-7-10(3)16-14(17-13)19-12-6-4-5-11(15)8-12/h7,9,11-12H,4-6,8,15H2,1-3H3. The van der Waals surface area contributed by atoms with Crippen LogP contribution in [0.2, 0.25) is 0 Å². The molecule has 5 nitrogen and oxygen atoms in total. The second-order valence-corrected chi connectivity index (χ2v) is 5.46. The molecule has 0 aromatic carbocycles. The molecular weight excluding hydrogens is 242 g/mol. The van der Waals surface area contributed by atoms with Crippen LogP contribution in [-0.4, -0.2) is 28.2 Å². The highest BCUT2D eigenvalue weighted by Gasteiger charge is 2.21. The van der Waals surface area contributed by atoms with Crippen LogP contribution in [-0.2, 0) is 0 Å². The highest BCUT2D eigenvalue weighted by Crippen LogP contribution is 2.22. The summed E-state index contributed by atoms with van der Waals surface area (Å²) in [7, 11) is 0. The van der Waals surface area contributed by atoms with Crippen molar-refractivity contribution in [2.75, 3.05) is 0 Å². The maximum atomic E-state index is 5.96. The minimum atomic E-state index is 0.0882. The fraction of sp³-hybridized carbons (Fsp3) is 0.714. The summed E-state index contributed by atoms with van der Waals surface area (Å²) in [5.41, 5.74) is 6.81. The van der Waals surface area contributed by atoms with E-state index in [0.717, 1.165) is 31.4 Å². The summed E-state index contributed by atoms with van der Waals surface area (Å²) in [4.78, 5) is 8.60. The molecule has 0 aliphatic heterocycles. The summed E-state index contributed by atoms with van der Waals surface area (Å²) in [6.45, 7) is 5.85. The summed E-state index contributed by atoms with van der Waals surface area (Å²) in [5.74, 6) is 0.567. The maximum Gasteiger partial charge on any atom is 0.320 e. The minimum Gasteiger partial charge on any atom is -0.475 e. The van der Waals surface area contributed by atoms with E-state index in [1.54, 1.807) is 0 Å². The third-order valence-corrected chi connectivity index (χ3v) is 3.11. The van der Waals surface area contributed by atoms with Gasteiger partial charge in [-0.25, -0.2) is 4.98 Å². The molecular formula is C14H23N3O2. The first kappa shape index (κ1) is 14.1. The predicted molar refractivity (Wildman–Crippen MR) is 73.4 cm³/mol. The van der Waals surface area contributed by atoms with Gasteiger partial charge >= 0.3 is 6.01 Å². The first-order valence-corrected chi connectivity index (χ1v) is 6.97. The van der Waals surface area contributed by atoms with Crippen LogP contribution in [0.3, 0.4) is 0 Å². The highest BCUT2D eigenvalue weighted by atomic mass is 16.5. The summed E-state index contributed by atoms with van der Waals surface area (Å²) in [5, 5.41) is 0. The van der Waals surface area contributed by atoms with Gasteiger partial charge in [0.2, 0.25) is 5.88 Å². The van der Waals surface area contributed by atoms with Crippen LogP contribution < -0.4 is 15.2 Å². The van der Waals surface area contributed by atoms with Gasteiger partial charge in [0.25, 0.3) is 0 Å². The van der Waals surface area contributed by atoms with E-state index in [2.05, 4.69) is 9.97 Å². The van der Waals surface area contributed by atoms with Crippen molar-refractivity contribution in [1.29, 1.82) is 0 Å². The number of ether oxygens (including phenoxy) is 2. The Morgan fingerprint density at radius 1 is 1.32 bits per heavy atom. The molecule has 0 radical (unpaired) electrons. The molecule has 0 bridgehead atoms. The SMILES string of the molecule is Cc1cc(OC(C)C)nc(OC2CCCC(N)C2)n1. The topological polar surface area (TPSA) is 70.3 Å². The summed E-state index contributed by atoms with van der Waals surface area (Å²) < 4.78 is 11.4. The van der Waals surface area contributed by atoms with Gasteiger partial charge in [0.15, 0.2) is 0 Å². The molecule has 0 saturated heterocycles. The van der Waals surface area contributed by atoms with E-state index in [9.17, 15) is 0 Å². The zero-order valence-electron chi connectivity index (χ0n) is 11.9. The Labute approximate surface area is 114 Å². The molecule has 1 aromatic rings. The number of hydrogen-bond donors (Lipinski definition) is 1. The highest BCUT2D eigenvalue weighted by molar-refractivity contribution is 5.18. The van der Waals surface area contributed by atoms with Crippen LogP contribution in [0.4, 0.5) is 0 Å². The Kier molecular flexibility index (Phi) is 4.58. The van der Waals surface area contributed by atoms with Gasteiger partial charge in [-0.05, 0) is 46.5 Å². The first-order valence-electron chi connectivity index (χ1n) is 6.97. The third-order valence-electron chi connectivity index (χ3n) is 3.11. The van der Waals surface area contributed by atoms with Crippen molar-refractivity contribution in [1.82, 2.24) is 9.97 Å². The lowest BCUT2D eigenvalue weighted by Gasteiger charge is -2.26. The Balaban J connectivity index is 2.04. The Hall–Kier alpha value is -1.36. The number of nitrogens with zero attached hydrogens (tertiary/aromatic N) is 2. The molecule has 19 heavy (non-hydrogen) atoms. The normalized spacial score (nSPS) is 23.4. The van der Waals surface area contributed by atoms with Gasteiger partial charge in [-0.15, -0.1) is 0 Å². The predicted octanol–water partition coefficient (Wildman–Crippen LogP) is 2.22. The zero-order chi connectivity index (χ0) is 13.8. The molecule has 106 valence electrons. The van der Waals surface area contributed by atoms with Gasteiger partial charge in [0.1, 0.15) is 6.10 Å². The minimum absolute atomic E-state index is 0.0882. The summed E-state index contributed by atoms with van der Waals surface area (Å²) in [6, 6.07) is 2.45. The van der Waals surface area contributed by atoms with E-state index in [0.29, 0.717) is 11.9 Å². The smallest absolute Gasteiger partial charge is 0.320 e. The molecule has 1 aliphatic rings. The van der Waals surface area contributed by atoms with E-state index in [1.165, 1.54) is 0 Å². The molecule has 2 N–H and O–H groups in total. The third kappa shape index (κ3) is 4.35. The molecule has 0 spiro atoms. The number of hydrogen-bond acceptors (Lipinski definition) is 5. The van der Waals surface area contributed by atoms with E-state index in [4.69, 9.17) is 15.2 Å². The maximum absolute atomic E-state index is 5.96. The Bertz CT molecular complexity index is 423. The fourth-order valence-electron chi connectivity index (χ4n) is 2.31. The van der Waals surface area contributed by atoms with Crippen molar-refractivity contribution < 1.29 is 9.47 Å². The Morgan fingerprint density at radius 2 is 2.11 bits per heavy atom. The average Bonchev–Trinajstić information content (AvgIpc) is 2.26. The van der Waals surface area contributed by atoms with Gasteiger partial charge in [0.05, 0.1) is 6.10 Å². The number of rotatable bonds is 4. The number of aryl methyl sites for hydroxylation is 1.